The van der Waals surface area contributed by atoms with Crippen LogP contribution in [-0.4, -0.2) is 38.7 Å². The first-order valence-corrected chi connectivity index (χ1v) is 12.1. The Bertz CT molecular complexity index is 1630. The van der Waals surface area contributed by atoms with Crippen LogP contribution in [0.1, 0.15) is 23.9 Å². The van der Waals surface area contributed by atoms with E-state index in [1.165, 1.54) is 7.11 Å². The monoisotopic (exact) mass is 506 g/mol. The zero-order valence-corrected chi connectivity index (χ0v) is 21.2. The van der Waals surface area contributed by atoms with Crippen molar-refractivity contribution in [1.29, 1.82) is 0 Å². The van der Waals surface area contributed by atoms with Gasteiger partial charge in [-0.15, -0.1) is 0 Å². The van der Waals surface area contributed by atoms with Gasteiger partial charge in [-0.3, -0.25) is 9.55 Å². The number of carbonyl (C=O) groups excluding carboxylic acids is 1. The van der Waals surface area contributed by atoms with Gasteiger partial charge in [0.25, 0.3) is 0 Å². The first-order chi connectivity index (χ1) is 18.4. The Morgan fingerprint density at radius 2 is 1.76 bits per heavy atom. The van der Waals surface area contributed by atoms with Crippen LogP contribution in [-0.2, 0) is 14.3 Å². The molecule has 0 saturated heterocycles. The van der Waals surface area contributed by atoms with Crippen LogP contribution in [0.4, 0.5) is 0 Å². The summed E-state index contributed by atoms with van der Waals surface area (Å²) >= 11 is 0. The van der Waals surface area contributed by atoms with Gasteiger partial charge in [0.15, 0.2) is 0 Å². The molecule has 8 nitrogen and oxygen atoms in total. The average Bonchev–Trinajstić information content (AvgIpc) is 3.27. The van der Waals surface area contributed by atoms with Crippen LogP contribution in [0, 0.1) is 12.8 Å². The normalized spacial score (nSPS) is 15.7. The Morgan fingerprint density at radius 3 is 2.45 bits per heavy atom. The Morgan fingerprint density at radius 1 is 1.03 bits per heavy atom. The van der Waals surface area contributed by atoms with E-state index in [2.05, 4.69) is 15.3 Å². The molecule has 1 atom stereocenters. The molecule has 38 heavy (non-hydrogen) atoms. The largest absolute Gasteiger partial charge is 0.478 e. The summed E-state index contributed by atoms with van der Waals surface area (Å²) in [6, 6.07) is 19.1. The van der Waals surface area contributed by atoms with Crippen LogP contribution in [0.5, 0.6) is 0 Å². The van der Waals surface area contributed by atoms with Crippen LogP contribution >= 0.6 is 0 Å². The molecule has 0 amide bonds. The lowest BCUT2D eigenvalue weighted by atomic mass is 9.83. The van der Waals surface area contributed by atoms with Crippen molar-refractivity contribution >= 4 is 34.7 Å². The van der Waals surface area contributed by atoms with E-state index in [-0.39, 0.29) is 11.1 Å². The fraction of sp³-hybridized carbons (Fsp3) is 0.133. The number of imidazole rings is 1. The van der Waals surface area contributed by atoms with Crippen molar-refractivity contribution in [3.05, 3.63) is 113 Å². The molecule has 1 aliphatic rings. The zero-order valence-electron chi connectivity index (χ0n) is 21.2. The van der Waals surface area contributed by atoms with Crippen molar-refractivity contribution in [3.8, 4) is 5.69 Å². The predicted octanol–water partition coefficient (Wildman–Crippen LogP) is 4.90. The van der Waals surface area contributed by atoms with Crippen LogP contribution in [0.2, 0.25) is 0 Å². The molecule has 1 aliphatic heterocycles. The number of esters is 1. The fourth-order valence-corrected chi connectivity index (χ4v) is 4.84. The van der Waals surface area contributed by atoms with Gasteiger partial charge >= 0.3 is 11.9 Å². The van der Waals surface area contributed by atoms with Crippen LogP contribution < -0.4 is 5.32 Å². The molecule has 3 heterocycles. The van der Waals surface area contributed by atoms with E-state index in [1.807, 2.05) is 78.2 Å². The molecule has 1 unspecified atom stereocenters. The SMILES string of the molecule is COC(=O)C1=C(c2ccc(-n3c(C)nc4cnccc43)cc2)NC(C)=C(C(=O)O)C1/C=C/c1ccccc1. The van der Waals surface area contributed by atoms with Crippen LogP contribution in [0.25, 0.3) is 28.5 Å². The highest BCUT2D eigenvalue weighted by Gasteiger charge is 2.36. The second-order valence-electron chi connectivity index (χ2n) is 8.90. The lowest BCUT2D eigenvalue weighted by molar-refractivity contribution is -0.136. The fourth-order valence-electron chi connectivity index (χ4n) is 4.84. The van der Waals surface area contributed by atoms with Gasteiger partial charge in [-0.25, -0.2) is 14.6 Å². The summed E-state index contributed by atoms with van der Waals surface area (Å²) in [6.07, 6.45) is 7.01. The lowest BCUT2D eigenvalue weighted by Crippen LogP contribution is -2.32. The molecule has 5 rings (SSSR count). The number of aliphatic carboxylic acids is 1. The van der Waals surface area contributed by atoms with E-state index in [0.29, 0.717) is 11.4 Å². The number of carboxylic acid groups (broad SMARTS) is 1. The molecule has 2 N–H and O–H groups in total. The maximum absolute atomic E-state index is 13.1. The molecule has 0 fully saturated rings. The highest BCUT2D eigenvalue weighted by atomic mass is 16.5. The number of nitrogens with zero attached hydrogens (tertiary/aromatic N) is 3. The second-order valence-corrected chi connectivity index (χ2v) is 8.90. The summed E-state index contributed by atoms with van der Waals surface area (Å²) < 4.78 is 7.16. The van der Waals surface area contributed by atoms with Gasteiger partial charge in [-0.05, 0) is 43.2 Å². The minimum absolute atomic E-state index is 0.0899. The third-order valence-corrected chi connectivity index (χ3v) is 6.56. The summed E-state index contributed by atoms with van der Waals surface area (Å²) in [5.74, 6) is -1.70. The van der Waals surface area contributed by atoms with Crippen molar-refractivity contribution in [2.24, 2.45) is 5.92 Å². The first kappa shape index (κ1) is 24.7. The van der Waals surface area contributed by atoms with Crippen LogP contribution in [0.15, 0.2) is 96.0 Å². The summed E-state index contributed by atoms with van der Waals surface area (Å²) in [5, 5.41) is 13.2. The molecule has 8 heteroatoms. The topological polar surface area (TPSA) is 106 Å². The Balaban J connectivity index is 1.62. The van der Waals surface area contributed by atoms with Crippen molar-refractivity contribution in [3.63, 3.8) is 0 Å². The summed E-state index contributed by atoms with van der Waals surface area (Å²) in [7, 11) is 1.29. The maximum atomic E-state index is 13.1. The van der Waals surface area contributed by atoms with Crippen LogP contribution in [0.3, 0.4) is 0 Å². The molecule has 0 saturated carbocycles. The smallest absolute Gasteiger partial charge is 0.336 e. The number of methoxy groups -OCH3 is 1. The van der Waals surface area contributed by atoms with Gasteiger partial charge in [-0.2, -0.15) is 0 Å². The van der Waals surface area contributed by atoms with Crippen molar-refractivity contribution in [2.75, 3.05) is 7.11 Å². The number of ether oxygens (including phenoxy) is 1. The molecular weight excluding hydrogens is 480 g/mol. The number of hydrogen-bond acceptors (Lipinski definition) is 6. The number of hydrogen-bond donors (Lipinski definition) is 2. The Labute approximate surface area is 219 Å². The Kier molecular flexibility index (Phi) is 6.62. The Hall–Kier alpha value is -4.98. The summed E-state index contributed by atoms with van der Waals surface area (Å²) in [5.41, 5.74) is 5.52. The summed E-state index contributed by atoms with van der Waals surface area (Å²) in [4.78, 5) is 34.1. The third-order valence-electron chi connectivity index (χ3n) is 6.56. The number of nitrogens with one attached hydrogen (secondary N) is 1. The highest BCUT2D eigenvalue weighted by molar-refractivity contribution is 6.04. The quantitative estimate of drug-likeness (QED) is 0.358. The molecule has 0 radical (unpaired) electrons. The number of aromatic nitrogens is 3. The van der Waals surface area contributed by atoms with E-state index in [1.54, 1.807) is 25.4 Å². The number of rotatable bonds is 6. The van der Waals surface area contributed by atoms with Gasteiger partial charge in [0.2, 0.25) is 0 Å². The van der Waals surface area contributed by atoms with Crippen molar-refractivity contribution in [1.82, 2.24) is 19.9 Å². The first-order valence-electron chi connectivity index (χ1n) is 12.1. The van der Waals surface area contributed by atoms with E-state index in [0.717, 1.165) is 33.7 Å². The van der Waals surface area contributed by atoms with Gasteiger partial charge in [0.05, 0.1) is 35.7 Å². The van der Waals surface area contributed by atoms with E-state index in [4.69, 9.17) is 4.74 Å². The molecule has 2 aromatic carbocycles. The van der Waals surface area contributed by atoms with Gasteiger partial charge < -0.3 is 15.2 Å². The molecule has 0 spiro atoms. The van der Waals surface area contributed by atoms with E-state index in [9.17, 15) is 14.7 Å². The maximum Gasteiger partial charge on any atom is 0.336 e. The average molecular weight is 507 g/mol. The van der Waals surface area contributed by atoms with E-state index < -0.39 is 17.9 Å². The molecule has 4 aromatic rings. The minimum Gasteiger partial charge on any atom is -0.478 e. The highest BCUT2D eigenvalue weighted by Crippen LogP contribution is 2.36. The lowest BCUT2D eigenvalue weighted by Gasteiger charge is -2.29. The predicted molar refractivity (Wildman–Crippen MR) is 145 cm³/mol. The van der Waals surface area contributed by atoms with Crippen molar-refractivity contribution < 1.29 is 19.4 Å². The second kappa shape index (κ2) is 10.2. The number of benzene rings is 2. The number of carbonyl (C=O) groups is 2. The molecular formula is C30H26N4O4. The van der Waals surface area contributed by atoms with Gasteiger partial charge in [0, 0.05) is 23.5 Å². The zero-order chi connectivity index (χ0) is 26.8. The standard InChI is InChI=1S/C30H26N4O4/c1-18-26(29(35)36)23(14-9-20-7-5-4-6-8-20)27(30(37)38-3)28(32-18)21-10-12-22(13-11-21)34-19(2)33-24-17-31-16-15-25(24)34/h4-17,23,32H,1-3H3,(H,35,36)/b14-9+. The number of pyridine rings is 1. The molecule has 0 aliphatic carbocycles. The summed E-state index contributed by atoms with van der Waals surface area (Å²) in [6.45, 7) is 3.63. The molecule has 2 aromatic heterocycles. The van der Waals surface area contributed by atoms with Gasteiger partial charge in [0.1, 0.15) is 11.3 Å². The number of carboxylic acids is 1. The molecule has 0 bridgehead atoms. The van der Waals surface area contributed by atoms with Crippen molar-refractivity contribution in [2.45, 2.75) is 13.8 Å². The van der Waals surface area contributed by atoms with E-state index >= 15 is 0 Å². The molecule has 190 valence electrons. The minimum atomic E-state index is -1.11. The third kappa shape index (κ3) is 4.48. The number of dihydropyridines is 1. The number of allylic oxidation sites excluding steroid dienone is 2. The number of fused-ring (bicyclic) bond motifs is 1. The number of aryl methyl sites for hydroxylation is 1. The van der Waals surface area contributed by atoms with Gasteiger partial charge in [-0.1, -0.05) is 54.6 Å².